The number of benzene rings is 1. The molecule has 2 amide bonds. The van der Waals surface area contributed by atoms with Gasteiger partial charge in [-0.25, -0.2) is 4.39 Å². The highest BCUT2D eigenvalue weighted by Gasteiger charge is 2.31. The van der Waals surface area contributed by atoms with Crippen LogP contribution in [0.15, 0.2) is 30.4 Å². The molecule has 130 valence electrons. The average molecular weight is 354 g/mol. The third kappa shape index (κ3) is 5.04. The monoisotopic (exact) mass is 353 g/mol. The molecule has 1 aromatic carbocycles. The molecule has 24 heavy (non-hydrogen) atoms. The Morgan fingerprint density at radius 2 is 2.29 bits per heavy atom. The van der Waals surface area contributed by atoms with E-state index in [4.69, 9.17) is 11.6 Å². The second-order valence-electron chi connectivity index (χ2n) is 5.95. The van der Waals surface area contributed by atoms with E-state index in [1.807, 2.05) is 11.8 Å². The quantitative estimate of drug-likeness (QED) is 0.767. The van der Waals surface area contributed by atoms with Crippen molar-refractivity contribution in [3.05, 3.63) is 46.8 Å². The van der Waals surface area contributed by atoms with Gasteiger partial charge in [0.15, 0.2) is 0 Å². The lowest BCUT2D eigenvalue weighted by Gasteiger charge is -2.34. The fourth-order valence-electron chi connectivity index (χ4n) is 2.54. The Morgan fingerprint density at radius 1 is 1.54 bits per heavy atom. The molecule has 1 fully saturated rings. The van der Waals surface area contributed by atoms with Gasteiger partial charge in [-0.1, -0.05) is 29.8 Å². The first kappa shape index (κ1) is 18.4. The zero-order valence-electron chi connectivity index (χ0n) is 13.6. The van der Waals surface area contributed by atoms with Crippen molar-refractivity contribution in [2.75, 3.05) is 19.6 Å². The summed E-state index contributed by atoms with van der Waals surface area (Å²) in [7, 11) is 0. The lowest BCUT2D eigenvalue weighted by Crippen LogP contribution is -2.56. The van der Waals surface area contributed by atoms with Crippen LogP contribution < -0.4 is 10.6 Å². The Morgan fingerprint density at radius 3 is 2.96 bits per heavy atom. The molecule has 0 aromatic heterocycles. The molecule has 2 rings (SSSR count). The van der Waals surface area contributed by atoms with E-state index in [0.29, 0.717) is 31.2 Å². The van der Waals surface area contributed by atoms with Crippen LogP contribution in [0, 0.1) is 5.82 Å². The van der Waals surface area contributed by atoms with Crippen LogP contribution in [0.5, 0.6) is 0 Å². The molecule has 1 aliphatic rings. The molecule has 7 heteroatoms. The summed E-state index contributed by atoms with van der Waals surface area (Å²) in [6.45, 7) is 7.41. The molecule has 1 heterocycles. The maximum absolute atomic E-state index is 13.2. The van der Waals surface area contributed by atoms with Crippen molar-refractivity contribution < 1.29 is 14.0 Å². The Hall–Kier alpha value is -1.92. The van der Waals surface area contributed by atoms with Crippen LogP contribution in [0.2, 0.25) is 5.02 Å². The maximum Gasteiger partial charge on any atom is 0.237 e. The number of halogens is 2. The lowest BCUT2D eigenvalue weighted by atomic mass is 10.1. The van der Waals surface area contributed by atoms with Gasteiger partial charge < -0.3 is 10.6 Å². The molecule has 1 aromatic rings. The van der Waals surface area contributed by atoms with Gasteiger partial charge in [0.25, 0.3) is 0 Å². The van der Waals surface area contributed by atoms with Gasteiger partial charge in [-0.05, 0) is 24.6 Å². The first-order valence-corrected chi connectivity index (χ1v) is 8.11. The fourth-order valence-corrected chi connectivity index (χ4v) is 2.77. The highest BCUT2D eigenvalue weighted by atomic mass is 35.5. The summed E-state index contributed by atoms with van der Waals surface area (Å²) in [5.41, 5.74) is 1.56. The minimum atomic E-state index is -0.579. The molecule has 1 aliphatic heterocycles. The fraction of sp³-hybridized carbons (Fsp3) is 0.412. The van der Waals surface area contributed by atoms with Crippen LogP contribution >= 0.6 is 11.6 Å². The van der Waals surface area contributed by atoms with Crippen molar-refractivity contribution in [3.63, 3.8) is 0 Å². The number of hydrogen-bond donors (Lipinski definition) is 2. The minimum absolute atomic E-state index is 0.0535. The lowest BCUT2D eigenvalue weighted by molar-refractivity contribution is -0.134. The second-order valence-corrected chi connectivity index (χ2v) is 6.36. The van der Waals surface area contributed by atoms with E-state index in [1.165, 1.54) is 12.1 Å². The van der Waals surface area contributed by atoms with Crippen LogP contribution in [0.1, 0.15) is 18.9 Å². The number of nitrogens with zero attached hydrogens (tertiary/aromatic N) is 1. The molecule has 0 spiro atoms. The molecule has 2 N–H and O–H groups in total. The summed E-state index contributed by atoms with van der Waals surface area (Å²) < 4.78 is 13.2. The van der Waals surface area contributed by atoms with Crippen LogP contribution in [0.4, 0.5) is 4.39 Å². The van der Waals surface area contributed by atoms with Gasteiger partial charge >= 0.3 is 0 Å². The van der Waals surface area contributed by atoms with Gasteiger partial charge in [-0.15, -0.1) is 0 Å². The first-order valence-electron chi connectivity index (χ1n) is 7.73. The highest BCUT2D eigenvalue weighted by molar-refractivity contribution is 6.31. The third-order valence-corrected chi connectivity index (χ3v) is 4.15. The molecule has 0 radical (unpaired) electrons. The summed E-state index contributed by atoms with van der Waals surface area (Å²) in [6, 6.07) is 3.60. The number of piperazine rings is 1. The predicted octanol–water partition coefficient (Wildman–Crippen LogP) is 1.86. The molecule has 0 saturated carbocycles. The van der Waals surface area contributed by atoms with Crippen molar-refractivity contribution in [3.8, 4) is 0 Å². The molecule has 0 bridgehead atoms. The Kier molecular flexibility index (Phi) is 6.34. The van der Waals surface area contributed by atoms with E-state index in [2.05, 4.69) is 17.2 Å². The first-order chi connectivity index (χ1) is 11.4. The zero-order valence-corrected chi connectivity index (χ0v) is 14.3. The number of carbonyl (C=O) groups excluding carboxylic acids is 2. The Bertz CT molecular complexity index is 651. The molecule has 0 aliphatic carbocycles. The van der Waals surface area contributed by atoms with E-state index in [1.54, 1.807) is 6.07 Å². The van der Waals surface area contributed by atoms with Gasteiger partial charge in [-0.3, -0.25) is 14.5 Å². The van der Waals surface area contributed by atoms with Gasteiger partial charge in [-0.2, -0.15) is 0 Å². The smallest absolute Gasteiger partial charge is 0.237 e. The normalized spacial score (nSPS) is 18.1. The van der Waals surface area contributed by atoms with E-state index in [9.17, 15) is 14.0 Å². The van der Waals surface area contributed by atoms with Gasteiger partial charge in [0, 0.05) is 31.2 Å². The standard InChI is InChI=1S/C17H21ClFN3O2/c1-11(2)9-21-16(23)8-15-17(24)20-5-6-22(15)10-12-3-4-13(19)7-14(12)18/h3-4,7,15H,1,5-6,8-10H2,2H3,(H,20,24)(H,21,23). The van der Waals surface area contributed by atoms with Crippen molar-refractivity contribution in [1.82, 2.24) is 15.5 Å². The molecule has 5 nitrogen and oxygen atoms in total. The van der Waals surface area contributed by atoms with Gasteiger partial charge in [0.1, 0.15) is 5.82 Å². The van der Waals surface area contributed by atoms with Crippen LogP contribution in [0.3, 0.4) is 0 Å². The number of hydrogen-bond acceptors (Lipinski definition) is 3. The topological polar surface area (TPSA) is 61.4 Å². The summed E-state index contributed by atoms with van der Waals surface area (Å²) >= 11 is 6.07. The van der Waals surface area contributed by atoms with Gasteiger partial charge in [0.05, 0.1) is 12.5 Å². The molecular weight excluding hydrogens is 333 g/mol. The summed E-state index contributed by atoms with van der Waals surface area (Å²) in [5, 5.41) is 5.81. The van der Waals surface area contributed by atoms with Gasteiger partial charge in [0.2, 0.25) is 11.8 Å². The molecular formula is C17H21ClFN3O2. The average Bonchev–Trinajstić information content (AvgIpc) is 2.51. The molecule has 1 unspecified atom stereocenters. The summed E-state index contributed by atoms with van der Waals surface area (Å²) in [4.78, 5) is 26.1. The largest absolute Gasteiger partial charge is 0.353 e. The second kappa shape index (κ2) is 8.26. The molecule has 1 saturated heterocycles. The van der Waals surface area contributed by atoms with Crippen LogP contribution in [-0.2, 0) is 16.1 Å². The minimum Gasteiger partial charge on any atom is -0.353 e. The maximum atomic E-state index is 13.2. The number of amides is 2. The summed E-state index contributed by atoms with van der Waals surface area (Å²) in [5.74, 6) is -0.809. The molecule has 1 atom stereocenters. The number of carbonyl (C=O) groups is 2. The van der Waals surface area contributed by atoms with Crippen molar-refractivity contribution in [2.45, 2.75) is 25.9 Å². The van der Waals surface area contributed by atoms with Crippen LogP contribution in [-0.4, -0.2) is 42.4 Å². The van der Waals surface area contributed by atoms with Crippen molar-refractivity contribution in [1.29, 1.82) is 0 Å². The SMILES string of the molecule is C=C(C)CNC(=O)CC1C(=O)NCCN1Cc1ccc(F)cc1Cl. The van der Waals surface area contributed by atoms with E-state index in [0.717, 1.165) is 11.1 Å². The number of rotatable bonds is 6. The summed E-state index contributed by atoms with van der Waals surface area (Å²) in [6.07, 6.45) is 0.0535. The van der Waals surface area contributed by atoms with Crippen molar-refractivity contribution in [2.24, 2.45) is 0 Å². The van der Waals surface area contributed by atoms with Crippen LogP contribution in [0.25, 0.3) is 0 Å². The zero-order chi connectivity index (χ0) is 17.7. The highest BCUT2D eigenvalue weighted by Crippen LogP contribution is 2.21. The Labute approximate surface area is 145 Å². The van der Waals surface area contributed by atoms with E-state index < -0.39 is 11.9 Å². The van der Waals surface area contributed by atoms with Crippen molar-refractivity contribution >= 4 is 23.4 Å². The van der Waals surface area contributed by atoms with E-state index in [-0.39, 0.29) is 18.2 Å². The van der Waals surface area contributed by atoms with E-state index >= 15 is 0 Å². The number of nitrogens with one attached hydrogen (secondary N) is 2. The predicted molar refractivity (Wildman–Crippen MR) is 91.1 cm³/mol. The Balaban J connectivity index is 2.06. The third-order valence-electron chi connectivity index (χ3n) is 3.80.